The number of allylic oxidation sites excluding steroid dienone is 4. The molecule has 0 fully saturated rings. The summed E-state index contributed by atoms with van der Waals surface area (Å²) >= 11 is 0. The lowest BCUT2D eigenvalue weighted by Gasteiger charge is -2.31. The molecule has 340 valence electrons. The van der Waals surface area contributed by atoms with Gasteiger partial charge in [0.2, 0.25) is 0 Å². The summed E-state index contributed by atoms with van der Waals surface area (Å²) in [6.45, 7) is 4.73. The molecule has 0 aromatic rings. The molecule has 58 heavy (non-hydrogen) atoms. The highest BCUT2D eigenvalue weighted by atomic mass is 16.6. The number of rotatable bonds is 44. The molecule has 8 nitrogen and oxygen atoms in total. The highest BCUT2D eigenvalue weighted by molar-refractivity contribution is 5.72. The van der Waals surface area contributed by atoms with Crippen LogP contribution < -0.4 is 0 Å². The van der Waals surface area contributed by atoms with Crippen molar-refractivity contribution in [3.63, 3.8) is 0 Å². The average Bonchev–Trinajstić information content (AvgIpc) is 3.18. The van der Waals surface area contributed by atoms with Crippen LogP contribution in [0.5, 0.6) is 0 Å². The Morgan fingerprint density at radius 3 is 1.26 bits per heavy atom. The number of carboxylic acid groups (broad SMARTS) is 1. The predicted octanol–water partition coefficient (Wildman–Crippen LogP) is 13.6. The number of ether oxygens (including phenoxy) is 3. The number of quaternary nitrogens is 1. The van der Waals surface area contributed by atoms with Gasteiger partial charge in [0.1, 0.15) is 6.61 Å². The lowest BCUT2D eigenvalue weighted by molar-refractivity contribution is -0.887. The summed E-state index contributed by atoms with van der Waals surface area (Å²) in [6.07, 6.45) is 46.6. The summed E-state index contributed by atoms with van der Waals surface area (Å²) in [4.78, 5) is 37.0. The van der Waals surface area contributed by atoms with Gasteiger partial charge in [-0.2, -0.15) is 0 Å². The number of hydrogen-bond acceptors (Lipinski definition) is 6. The third-order valence-corrected chi connectivity index (χ3v) is 11.1. The van der Waals surface area contributed by atoms with Gasteiger partial charge in [0.15, 0.2) is 12.1 Å². The standard InChI is InChI=1S/C50H93NO7/c1-6-8-10-12-14-16-18-20-21-22-23-24-25-26-27-29-30-32-34-36-38-40-48(52)57-45-46(44-56-43-42-47(50(54)55)51(3,4)5)58-49(53)41-39-37-35-33-31-28-19-17-15-13-11-9-7-2/h24-25,28,31,46-47H,6-23,26-27,29-30,32-45H2,1-5H3/p+1/b25-24+,31-28+. The van der Waals surface area contributed by atoms with Crippen molar-refractivity contribution >= 4 is 17.9 Å². The van der Waals surface area contributed by atoms with Gasteiger partial charge in [0.05, 0.1) is 34.4 Å². The van der Waals surface area contributed by atoms with Gasteiger partial charge >= 0.3 is 17.9 Å². The van der Waals surface area contributed by atoms with Crippen LogP contribution in [0.2, 0.25) is 0 Å². The number of carbonyl (C=O) groups is 3. The topological polar surface area (TPSA) is 99.1 Å². The lowest BCUT2D eigenvalue weighted by Crippen LogP contribution is -2.50. The number of hydrogen-bond donors (Lipinski definition) is 1. The molecule has 0 aromatic heterocycles. The van der Waals surface area contributed by atoms with E-state index in [1.54, 1.807) is 0 Å². The van der Waals surface area contributed by atoms with E-state index in [1.165, 1.54) is 141 Å². The molecule has 0 aliphatic rings. The van der Waals surface area contributed by atoms with Crippen molar-refractivity contribution in [3.8, 4) is 0 Å². The van der Waals surface area contributed by atoms with Crippen LogP contribution in [0.3, 0.4) is 0 Å². The summed E-state index contributed by atoms with van der Waals surface area (Å²) in [7, 11) is 5.53. The van der Waals surface area contributed by atoms with Crippen LogP contribution in [0.15, 0.2) is 24.3 Å². The van der Waals surface area contributed by atoms with E-state index < -0.39 is 18.1 Å². The lowest BCUT2D eigenvalue weighted by atomic mass is 10.1. The second-order valence-corrected chi connectivity index (χ2v) is 17.7. The molecule has 0 aliphatic heterocycles. The van der Waals surface area contributed by atoms with Crippen LogP contribution >= 0.6 is 0 Å². The minimum Gasteiger partial charge on any atom is -0.477 e. The Morgan fingerprint density at radius 1 is 0.500 bits per heavy atom. The highest BCUT2D eigenvalue weighted by Gasteiger charge is 2.31. The normalized spacial score (nSPS) is 13.1. The van der Waals surface area contributed by atoms with Crippen LogP contribution in [0.1, 0.15) is 226 Å². The summed E-state index contributed by atoms with van der Waals surface area (Å²) < 4.78 is 17.3. The van der Waals surface area contributed by atoms with Crippen molar-refractivity contribution in [2.24, 2.45) is 0 Å². The number of carbonyl (C=O) groups excluding carboxylic acids is 2. The molecule has 0 rings (SSSR count). The number of nitrogens with zero attached hydrogens (tertiary/aromatic N) is 1. The first kappa shape index (κ1) is 55.8. The van der Waals surface area contributed by atoms with Gasteiger partial charge in [-0.3, -0.25) is 9.59 Å². The SMILES string of the molecule is CCCCCCCC/C=C/CCCCCC(=O)OC(COCCC(C(=O)O)[N+](C)(C)C)COC(=O)CCCCCCCCC/C=C/CCCCCCCCCCCC. The maximum absolute atomic E-state index is 12.7. The molecule has 0 heterocycles. The smallest absolute Gasteiger partial charge is 0.362 e. The number of aliphatic carboxylic acids is 1. The minimum absolute atomic E-state index is 0.0562. The van der Waals surface area contributed by atoms with Gasteiger partial charge in [-0.15, -0.1) is 0 Å². The molecule has 0 saturated carbocycles. The first-order chi connectivity index (χ1) is 28.1. The van der Waals surface area contributed by atoms with E-state index in [9.17, 15) is 19.5 Å². The molecule has 0 saturated heterocycles. The van der Waals surface area contributed by atoms with E-state index in [4.69, 9.17) is 14.2 Å². The number of esters is 2. The third-order valence-electron chi connectivity index (χ3n) is 11.1. The molecule has 0 bridgehead atoms. The van der Waals surface area contributed by atoms with Gasteiger partial charge in [0, 0.05) is 19.3 Å². The van der Waals surface area contributed by atoms with Crippen molar-refractivity contribution in [2.45, 2.75) is 238 Å². The molecule has 0 radical (unpaired) electrons. The molecule has 2 atom stereocenters. The minimum atomic E-state index is -0.876. The first-order valence-corrected chi connectivity index (χ1v) is 24.4. The zero-order valence-corrected chi connectivity index (χ0v) is 38.8. The average molecular weight is 821 g/mol. The van der Waals surface area contributed by atoms with E-state index >= 15 is 0 Å². The molecule has 2 unspecified atom stereocenters. The molecular weight excluding hydrogens is 727 g/mol. The fraction of sp³-hybridized carbons (Fsp3) is 0.860. The van der Waals surface area contributed by atoms with E-state index in [0.29, 0.717) is 19.3 Å². The third kappa shape index (κ3) is 39.3. The van der Waals surface area contributed by atoms with Crippen molar-refractivity contribution in [1.82, 2.24) is 0 Å². The van der Waals surface area contributed by atoms with E-state index in [-0.39, 0.29) is 36.2 Å². The molecule has 0 amide bonds. The Bertz CT molecular complexity index is 1000. The quantitative estimate of drug-likeness (QED) is 0.0283. The Kier molecular flexibility index (Phi) is 40.0. The number of carboxylic acids is 1. The maximum atomic E-state index is 12.7. The van der Waals surface area contributed by atoms with E-state index in [1.807, 2.05) is 21.1 Å². The van der Waals surface area contributed by atoms with Crippen LogP contribution in [0.25, 0.3) is 0 Å². The zero-order chi connectivity index (χ0) is 42.8. The molecule has 1 N–H and O–H groups in total. The second-order valence-electron chi connectivity index (χ2n) is 17.7. The van der Waals surface area contributed by atoms with Crippen LogP contribution in [-0.4, -0.2) is 80.6 Å². The van der Waals surface area contributed by atoms with Gasteiger partial charge in [-0.25, -0.2) is 4.79 Å². The van der Waals surface area contributed by atoms with Gasteiger partial charge in [-0.05, 0) is 64.2 Å². The second kappa shape index (κ2) is 41.5. The van der Waals surface area contributed by atoms with Crippen LogP contribution in [-0.2, 0) is 28.6 Å². The molecule has 0 spiro atoms. The molecule has 0 aliphatic carbocycles. The predicted molar refractivity (Wildman–Crippen MR) is 243 cm³/mol. The molecular formula is C50H94NO7+. The zero-order valence-electron chi connectivity index (χ0n) is 38.8. The van der Waals surface area contributed by atoms with E-state index in [2.05, 4.69) is 38.2 Å². The highest BCUT2D eigenvalue weighted by Crippen LogP contribution is 2.15. The Balaban J connectivity index is 4.24. The Labute approximate surface area is 358 Å². The fourth-order valence-corrected chi connectivity index (χ4v) is 7.26. The van der Waals surface area contributed by atoms with Crippen LogP contribution in [0, 0.1) is 0 Å². The monoisotopic (exact) mass is 821 g/mol. The summed E-state index contributed by atoms with van der Waals surface area (Å²) in [6, 6.07) is -0.615. The number of unbranched alkanes of at least 4 members (excludes halogenated alkanes) is 26. The van der Waals surface area contributed by atoms with Crippen molar-refractivity contribution in [1.29, 1.82) is 0 Å². The van der Waals surface area contributed by atoms with Gasteiger partial charge < -0.3 is 23.8 Å². The van der Waals surface area contributed by atoms with Crippen molar-refractivity contribution < 1.29 is 38.2 Å². The summed E-state index contributed by atoms with van der Waals surface area (Å²) in [5.41, 5.74) is 0. The largest absolute Gasteiger partial charge is 0.477 e. The summed E-state index contributed by atoms with van der Waals surface area (Å²) in [5.74, 6) is -1.48. The first-order valence-electron chi connectivity index (χ1n) is 24.4. The maximum Gasteiger partial charge on any atom is 0.362 e. The van der Waals surface area contributed by atoms with Crippen molar-refractivity contribution in [3.05, 3.63) is 24.3 Å². The van der Waals surface area contributed by atoms with Gasteiger partial charge in [0.25, 0.3) is 0 Å². The Morgan fingerprint density at radius 2 is 0.862 bits per heavy atom. The molecule has 8 heteroatoms. The molecule has 0 aromatic carbocycles. The Hall–Kier alpha value is -2.19. The fourth-order valence-electron chi connectivity index (χ4n) is 7.26. The van der Waals surface area contributed by atoms with Crippen LogP contribution in [0.4, 0.5) is 0 Å². The summed E-state index contributed by atoms with van der Waals surface area (Å²) in [5, 5.41) is 9.63. The van der Waals surface area contributed by atoms with E-state index in [0.717, 1.165) is 51.4 Å². The van der Waals surface area contributed by atoms with Gasteiger partial charge in [-0.1, -0.05) is 167 Å². The number of likely N-dealkylation sites (N-methyl/N-ethyl adjacent to an activating group) is 1. The van der Waals surface area contributed by atoms with Crippen molar-refractivity contribution in [2.75, 3.05) is 41.0 Å².